The lowest BCUT2D eigenvalue weighted by atomic mass is 10.1. The van der Waals surface area contributed by atoms with E-state index in [0.29, 0.717) is 19.8 Å². The Kier molecular flexibility index (Phi) is 9.04. The van der Waals surface area contributed by atoms with Gasteiger partial charge in [0.25, 0.3) is 0 Å². The molecule has 1 fully saturated rings. The van der Waals surface area contributed by atoms with Gasteiger partial charge >= 0.3 is 0 Å². The first-order chi connectivity index (χ1) is 13.2. The Morgan fingerprint density at radius 1 is 1.39 bits per heavy atom. The van der Waals surface area contributed by atoms with Crippen LogP contribution in [0.1, 0.15) is 31.1 Å². The SMILES string of the molecule is CCNC(=NCc1cccc(OCC)c1)N1CCOC(c2cnn(C)c2)C1.I. The zero-order valence-corrected chi connectivity index (χ0v) is 19.1. The van der Waals surface area contributed by atoms with Crippen molar-refractivity contribution in [3.8, 4) is 5.75 Å². The van der Waals surface area contributed by atoms with Crippen LogP contribution in [-0.4, -0.2) is 53.5 Å². The highest BCUT2D eigenvalue weighted by Crippen LogP contribution is 2.22. The molecule has 1 aliphatic rings. The minimum Gasteiger partial charge on any atom is -0.494 e. The second-order valence-electron chi connectivity index (χ2n) is 6.50. The number of aryl methyl sites for hydroxylation is 1. The molecule has 0 saturated carbocycles. The predicted molar refractivity (Wildman–Crippen MR) is 121 cm³/mol. The largest absolute Gasteiger partial charge is 0.494 e. The van der Waals surface area contributed by atoms with Gasteiger partial charge in [0.2, 0.25) is 0 Å². The summed E-state index contributed by atoms with van der Waals surface area (Å²) in [6.45, 7) is 8.43. The van der Waals surface area contributed by atoms with Gasteiger partial charge in [-0.15, -0.1) is 24.0 Å². The molecule has 0 amide bonds. The molecule has 2 aromatic rings. The minimum atomic E-state index is 0. The second-order valence-corrected chi connectivity index (χ2v) is 6.50. The summed E-state index contributed by atoms with van der Waals surface area (Å²) in [7, 11) is 1.92. The third-order valence-corrected chi connectivity index (χ3v) is 4.42. The minimum absolute atomic E-state index is 0. The summed E-state index contributed by atoms with van der Waals surface area (Å²) in [4.78, 5) is 7.10. The zero-order valence-electron chi connectivity index (χ0n) is 16.8. The molecule has 28 heavy (non-hydrogen) atoms. The monoisotopic (exact) mass is 499 g/mol. The summed E-state index contributed by atoms with van der Waals surface area (Å²) in [5.41, 5.74) is 2.23. The van der Waals surface area contributed by atoms with Gasteiger partial charge in [0.15, 0.2) is 5.96 Å². The molecule has 0 spiro atoms. The van der Waals surface area contributed by atoms with Crippen LogP contribution in [0.15, 0.2) is 41.7 Å². The summed E-state index contributed by atoms with van der Waals surface area (Å²) in [6, 6.07) is 8.11. The molecule has 1 saturated heterocycles. The molecular formula is C20H30IN5O2. The number of nitrogens with zero attached hydrogens (tertiary/aromatic N) is 4. The molecule has 0 radical (unpaired) electrons. The van der Waals surface area contributed by atoms with E-state index in [2.05, 4.69) is 28.3 Å². The lowest BCUT2D eigenvalue weighted by molar-refractivity contribution is -0.00805. The van der Waals surface area contributed by atoms with E-state index < -0.39 is 0 Å². The highest BCUT2D eigenvalue weighted by atomic mass is 127. The van der Waals surface area contributed by atoms with E-state index in [9.17, 15) is 0 Å². The van der Waals surface area contributed by atoms with Crippen LogP contribution in [0.3, 0.4) is 0 Å². The number of hydrogen-bond donors (Lipinski definition) is 1. The first kappa shape index (κ1) is 22.5. The summed E-state index contributed by atoms with van der Waals surface area (Å²) in [5.74, 6) is 1.80. The topological polar surface area (TPSA) is 63.9 Å². The van der Waals surface area contributed by atoms with Gasteiger partial charge in [-0.05, 0) is 31.5 Å². The van der Waals surface area contributed by atoms with Crippen LogP contribution in [0.25, 0.3) is 0 Å². The molecule has 1 aromatic heterocycles. The molecule has 0 bridgehead atoms. The fourth-order valence-corrected chi connectivity index (χ4v) is 3.14. The van der Waals surface area contributed by atoms with Crippen molar-refractivity contribution in [2.75, 3.05) is 32.8 Å². The molecule has 1 N–H and O–H groups in total. The van der Waals surface area contributed by atoms with Crippen LogP contribution in [-0.2, 0) is 18.3 Å². The molecule has 3 rings (SSSR count). The van der Waals surface area contributed by atoms with E-state index in [1.807, 2.05) is 49.2 Å². The van der Waals surface area contributed by atoms with E-state index in [0.717, 1.165) is 42.5 Å². The lowest BCUT2D eigenvalue weighted by Gasteiger charge is -2.34. The standard InChI is InChI=1S/C20H29N5O2.HI/c1-4-21-20(22-12-16-7-6-8-18(11-16)26-5-2)25-9-10-27-19(15-25)17-13-23-24(3)14-17;/h6-8,11,13-14,19H,4-5,9-10,12,15H2,1-3H3,(H,21,22);1H. The van der Waals surface area contributed by atoms with Crippen LogP contribution in [0.5, 0.6) is 5.75 Å². The Balaban J connectivity index is 0.00000280. The molecule has 7 nitrogen and oxygen atoms in total. The fraction of sp³-hybridized carbons (Fsp3) is 0.500. The van der Waals surface area contributed by atoms with Gasteiger partial charge in [-0.1, -0.05) is 12.1 Å². The zero-order chi connectivity index (χ0) is 19.1. The van der Waals surface area contributed by atoms with Crippen molar-refractivity contribution in [2.45, 2.75) is 26.5 Å². The maximum Gasteiger partial charge on any atom is 0.194 e. The average molecular weight is 499 g/mol. The Morgan fingerprint density at radius 2 is 2.25 bits per heavy atom. The first-order valence-corrected chi connectivity index (χ1v) is 9.54. The number of rotatable bonds is 6. The average Bonchev–Trinajstić information content (AvgIpc) is 3.12. The Hall–Kier alpha value is -1.81. The van der Waals surface area contributed by atoms with E-state index in [1.165, 1.54) is 0 Å². The normalized spacial score (nSPS) is 17.2. The van der Waals surface area contributed by atoms with Crippen molar-refractivity contribution in [3.05, 3.63) is 47.8 Å². The first-order valence-electron chi connectivity index (χ1n) is 9.54. The van der Waals surface area contributed by atoms with Crippen molar-refractivity contribution in [1.29, 1.82) is 0 Å². The number of nitrogens with one attached hydrogen (secondary N) is 1. The third-order valence-electron chi connectivity index (χ3n) is 4.42. The van der Waals surface area contributed by atoms with E-state index >= 15 is 0 Å². The van der Waals surface area contributed by atoms with Crippen molar-refractivity contribution in [1.82, 2.24) is 20.0 Å². The molecule has 8 heteroatoms. The van der Waals surface area contributed by atoms with E-state index in [4.69, 9.17) is 14.5 Å². The van der Waals surface area contributed by atoms with Gasteiger partial charge in [-0.25, -0.2) is 4.99 Å². The van der Waals surface area contributed by atoms with Gasteiger partial charge in [-0.2, -0.15) is 5.10 Å². The predicted octanol–water partition coefficient (Wildman–Crippen LogP) is 2.98. The third kappa shape index (κ3) is 6.10. The molecule has 2 heterocycles. The molecule has 1 unspecified atom stereocenters. The second kappa shape index (κ2) is 11.3. The molecule has 1 aliphatic heterocycles. The van der Waals surface area contributed by atoms with Crippen LogP contribution >= 0.6 is 24.0 Å². The highest BCUT2D eigenvalue weighted by Gasteiger charge is 2.25. The molecule has 1 atom stereocenters. The maximum atomic E-state index is 5.95. The van der Waals surface area contributed by atoms with Crippen molar-refractivity contribution < 1.29 is 9.47 Å². The molecular weight excluding hydrogens is 469 g/mol. The van der Waals surface area contributed by atoms with Crippen molar-refractivity contribution >= 4 is 29.9 Å². The summed E-state index contributed by atoms with van der Waals surface area (Å²) < 4.78 is 13.3. The number of aromatic nitrogens is 2. The number of guanidine groups is 1. The van der Waals surface area contributed by atoms with E-state index in [1.54, 1.807) is 0 Å². The van der Waals surface area contributed by atoms with Crippen LogP contribution < -0.4 is 10.1 Å². The quantitative estimate of drug-likeness (QED) is 0.376. The number of hydrogen-bond acceptors (Lipinski definition) is 4. The number of benzene rings is 1. The van der Waals surface area contributed by atoms with Crippen LogP contribution in [0.4, 0.5) is 0 Å². The van der Waals surface area contributed by atoms with Crippen molar-refractivity contribution in [3.63, 3.8) is 0 Å². The van der Waals surface area contributed by atoms with E-state index in [-0.39, 0.29) is 30.1 Å². The fourth-order valence-electron chi connectivity index (χ4n) is 3.14. The lowest BCUT2D eigenvalue weighted by Crippen LogP contribution is -2.48. The molecule has 1 aromatic carbocycles. The van der Waals surface area contributed by atoms with Gasteiger partial charge in [0.05, 0.1) is 32.5 Å². The maximum absolute atomic E-state index is 5.95. The number of morpholine rings is 1. The molecule has 0 aliphatic carbocycles. The Bertz CT molecular complexity index is 765. The summed E-state index contributed by atoms with van der Waals surface area (Å²) >= 11 is 0. The van der Waals surface area contributed by atoms with Crippen LogP contribution in [0.2, 0.25) is 0 Å². The Labute approximate surface area is 184 Å². The van der Waals surface area contributed by atoms with Gasteiger partial charge < -0.3 is 19.7 Å². The van der Waals surface area contributed by atoms with Gasteiger partial charge in [0.1, 0.15) is 11.9 Å². The highest BCUT2D eigenvalue weighted by molar-refractivity contribution is 14.0. The van der Waals surface area contributed by atoms with Gasteiger partial charge in [-0.3, -0.25) is 4.68 Å². The summed E-state index contributed by atoms with van der Waals surface area (Å²) in [5, 5.41) is 7.67. The number of aliphatic imine (C=N–C) groups is 1. The molecule has 154 valence electrons. The smallest absolute Gasteiger partial charge is 0.194 e. The van der Waals surface area contributed by atoms with Gasteiger partial charge in [0, 0.05) is 31.9 Å². The van der Waals surface area contributed by atoms with Crippen molar-refractivity contribution in [2.24, 2.45) is 12.0 Å². The number of halogens is 1. The number of ether oxygens (including phenoxy) is 2. The van der Waals surface area contributed by atoms with Crippen LogP contribution in [0, 0.1) is 0 Å². The summed E-state index contributed by atoms with van der Waals surface area (Å²) in [6.07, 6.45) is 3.90. The Morgan fingerprint density at radius 3 is 2.96 bits per heavy atom.